The molecule has 3 N–H and O–H groups in total. The molecule has 1 aliphatic rings. The van der Waals surface area contributed by atoms with Crippen molar-refractivity contribution in [3.8, 4) is 11.4 Å². The molecule has 36 heavy (non-hydrogen) atoms. The molecule has 3 heterocycles. The molecule has 0 spiro atoms. The standard InChI is InChI=1S/C25H26N6O2S3/c1-14-9-10-18(11-15(14)2)30-22-21(36-25(30)34)23(33)31(17-7-5-4-6-8-17)24(27-22)35-13-20(32)26-19-12-16(3)28-29-19/h4-11,16,19,28-29H,12-13H2,1-3H3,(H,26,32). The van der Waals surface area contributed by atoms with Crippen LogP contribution in [-0.4, -0.2) is 38.0 Å². The Morgan fingerprint density at radius 3 is 2.61 bits per heavy atom. The molecule has 0 aliphatic carbocycles. The van der Waals surface area contributed by atoms with E-state index in [1.807, 2.05) is 66.9 Å². The van der Waals surface area contributed by atoms with Gasteiger partial charge in [0, 0.05) is 11.7 Å². The minimum atomic E-state index is -0.205. The lowest BCUT2D eigenvalue weighted by Crippen LogP contribution is -2.45. The number of thioether (sulfide) groups is 1. The first-order valence-corrected chi connectivity index (χ1v) is 13.8. The van der Waals surface area contributed by atoms with Gasteiger partial charge >= 0.3 is 0 Å². The Bertz CT molecular complexity index is 1560. The summed E-state index contributed by atoms with van der Waals surface area (Å²) in [6.07, 6.45) is 0.661. The van der Waals surface area contributed by atoms with E-state index in [1.165, 1.54) is 28.7 Å². The van der Waals surface area contributed by atoms with E-state index in [-0.39, 0.29) is 29.4 Å². The van der Waals surface area contributed by atoms with Gasteiger partial charge in [-0.3, -0.25) is 24.1 Å². The highest BCUT2D eigenvalue weighted by atomic mass is 32.2. The van der Waals surface area contributed by atoms with Crippen molar-refractivity contribution < 1.29 is 4.79 Å². The molecular weight excluding hydrogens is 513 g/mol. The first-order chi connectivity index (χ1) is 17.3. The number of carbonyl (C=O) groups is 1. The quantitative estimate of drug-likeness (QED) is 0.194. The van der Waals surface area contributed by atoms with Gasteiger partial charge in [-0.25, -0.2) is 10.4 Å². The largest absolute Gasteiger partial charge is 0.339 e. The minimum Gasteiger partial charge on any atom is -0.339 e. The lowest BCUT2D eigenvalue weighted by molar-refractivity contribution is -0.119. The second-order valence-corrected chi connectivity index (χ2v) is 11.4. The number of nitrogens with one attached hydrogen (secondary N) is 3. The highest BCUT2D eigenvalue weighted by Crippen LogP contribution is 2.28. The number of aryl methyl sites for hydroxylation is 2. The van der Waals surface area contributed by atoms with Crippen molar-refractivity contribution >= 4 is 51.6 Å². The molecule has 2 atom stereocenters. The SMILES string of the molecule is Cc1ccc(-n2c(=S)sc3c(=O)n(-c4ccccc4)c(SCC(=O)NC4CC(C)NN4)nc32)cc1C. The van der Waals surface area contributed by atoms with Crippen molar-refractivity contribution in [2.45, 2.75) is 44.6 Å². The van der Waals surface area contributed by atoms with Gasteiger partial charge in [0.2, 0.25) is 5.91 Å². The highest BCUT2D eigenvalue weighted by Gasteiger charge is 2.23. The first kappa shape index (κ1) is 24.8. The number of rotatable bonds is 6. The summed E-state index contributed by atoms with van der Waals surface area (Å²) < 4.78 is 4.43. The van der Waals surface area contributed by atoms with Crippen LogP contribution in [0.15, 0.2) is 58.5 Å². The van der Waals surface area contributed by atoms with E-state index in [4.69, 9.17) is 17.2 Å². The molecule has 0 bridgehead atoms. The molecule has 1 fully saturated rings. The number of fused-ring (bicyclic) bond motifs is 1. The van der Waals surface area contributed by atoms with Crippen LogP contribution in [0.25, 0.3) is 21.7 Å². The number of carbonyl (C=O) groups excluding carboxylic acids is 1. The molecule has 4 aromatic rings. The van der Waals surface area contributed by atoms with Crippen molar-refractivity contribution in [2.24, 2.45) is 0 Å². The van der Waals surface area contributed by atoms with Gasteiger partial charge in [-0.2, -0.15) is 0 Å². The Balaban J connectivity index is 1.58. The topological polar surface area (TPSA) is 93.0 Å². The molecule has 11 heteroatoms. The zero-order valence-corrected chi connectivity index (χ0v) is 22.5. The van der Waals surface area contributed by atoms with Crippen LogP contribution >= 0.6 is 35.3 Å². The number of para-hydroxylation sites is 1. The summed E-state index contributed by atoms with van der Waals surface area (Å²) in [5.74, 6) is -0.0232. The van der Waals surface area contributed by atoms with Gasteiger partial charge in [0.05, 0.1) is 17.6 Å². The summed E-state index contributed by atoms with van der Waals surface area (Å²) in [5, 5.41) is 3.41. The van der Waals surface area contributed by atoms with Crippen molar-refractivity contribution in [3.05, 3.63) is 74.0 Å². The van der Waals surface area contributed by atoms with Crippen molar-refractivity contribution in [3.63, 3.8) is 0 Å². The first-order valence-electron chi connectivity index (χ1n) is 11.6. The van der Waals surface area contributed by atoms with Crippen molar-refractivity contribution in [2.75, 3.05) is 5.75 Å². The average Bonchev–Trinajstić information content (AvgIpc) is 3.42. The molecule has 0 radical (unpaired) electrons. The van der Waals surface area contributed by atoms with E-state index < -0.39 is 0 Å². The molecule has 8 nitrogen and oxygen atoms in total. The molecule has 2 unspecified atom stereocenters. The predicted octanol–water partition coefficient (Wildman–Crippen LogP) is 4.01. The van der Waals surface area contributed by atoms with Gasteiger partial charge in [-0.05, 0) is 74.8 Å². The summed E-state index contributed by atoms with van der Waals surface area (Å²) in [6, 6.07) is 15.7. The van der Waals surface area contributed by atoms with Crippen LogP contribution < -0.4 is 21.7 Å². The second-order valence-electron chi connectivity index (χ2n) is 8.83. The van der Waals surface area contributed by atoms with Crippen LogP contribution in [0, 0.1) is 17.8 Å². The lowest BCUT2D eigenvalue weighted by Gasteiger charge is -2.14. The number of benzene rings is 2. The third kappa shape index (κ3) is 4.89. The van der Waals surface area contributed by atoms with Crippen LogP contribution in [0.1, 0.15) is 24.5 Å². The monoisotopic (exact) mass is 538 g/mol. The molecule has 1 saturated heterocycles. The summed E-state index contributed by atoms with van der Waals surface area (Å²) in [6.45, 7) is 6.14. The normalized spacial score (nSPS) is 17.5. The average molecular weight is 539 g/mol. The number of hydrogen-bond donors (Lipinski definition) is 3. The summed E-state index contributed by atoms with van der Waals surface area (Å²) in [7, 11) is 0. The maximum Gasteiger partial charge on any atom is 0.278 e. The molecule has 5 rings (SSSR count). The second kappa shape index (κ2) is 10.3. The maximum absolute atomic E-state index is 13.8. The fourth-order valence-corrected chi connectivity index (χ4v) is 6.22. The van der Waals surface area contributed by atoms with Crippen LogP contribution in [0.5, 0.6) is 0 Å². The summed E-state index contributed by atoms with van der Waals surface area (Å²) in [5.41, 5.74) is 10.3. The Morgan fingerprint density at radius 2 is 1.92 bits per heavy atom. The van der Waals surface area contributed by atoms with Crippen LogP contribution in [0.2, 0.25) is 0 Å². The van der Waals surface area contributed by atoms with Gasteiger partial charge in [-0.1, -0.05) is 47.4 Å². The Labute approximate surface area is 221 Å². The van der Waals surface area contributed by atoms with Crippen LogP contribution in [0.4, 0.5) is 0 Å². The third-order valence-corrected chi connectivity index (χ3v) is 8.39. The lowest BCUT2D eigenvalue weighted by atomic mass is 10.1. The Morgan fingerprint density at radius 1 is 1.14 bits per heavy atom. The van der Waals surface area contributed by atoms with E-state index in [0.29, 0.717) is 25.1 Å². The maximum atomic E-state index is 13.8. The van der Waals surface area contributed by atoms with E-state index in [1.54, 1.807) is 4.57 Å². The zero-order valence-electron chi connectivity index (χ0n) is 20.1. The van der Waals surface area contributed by atoms with Crippen molar-refractivity contribution in [1.82, 2.24) is 30.3 Å². The number of hydrogen-bond acceptors (Lipinski definition) is 8. The molecule has 1 aliphatic heterocycles. The predicted molar refractivity (Wildman–Crippen MR) is 148 cm³/mol. The van der Waals surface area contributed by atoms with E-state index in [9.17, 15) is 9.59 Å². The summed E-state index contributed by atoms with van der Waals surface area (Å²) in [4.78, 5) is 31.4. The van der Waals surface area contributed by atoms with Gasteiger partial charge < -0.3 is 5.32 Å². The molecule has 186 valence electrons. The minimum absolute atomic E-state index is 0.117. The van der Waals surface area contributed by atoms with Gasteiger partial charge in [0.25, 0.3) is 5.56 Å². The Hall–Kier alpha value is -2.83. The molecular formula is C25H26N6O2S3. The smallest absolute Gasteiger partial charge is 0.278 e. The fourth-order valence-electron chi connectivity index (χ4n) is 4.11. The number of aromatic nitrogens is 3. The van der Waals surface area contributed by atoms with Gasteiger partial charge in [0.1, 0.15) is 4.70 Å². The van der Waals surface area contributed by atoms with E-state index >= 15 is 0 Å². The third-order valence-electron chi connectivity index (χ3n) is 6.10. The van der Waals surface area contributed by atoms with Gasteiger partial charge in [0.15, 0.2) is 14.8 Å². The van der Waals surface area contributed by atoms with E-state index in [0.717, 1.165) is 17.7 Å². The van der Waals surface area contributed by atoms with Crippen LogP contribution in [0.3, 0.4) is 0 Å². The molecule has 2 aromatic carbocycles. The highest BCUT2D eigenvalue weighted by molar-refractivity contribution is 7.99. The summed E-state index contributed by atoms with van der Waals surface area (Å²) >= 11 is 8.16. The number of nitrogens with zero attached hydrogens (tertiary/aromatic N) is 3. The van der Waals surface area contributed by atoms with Crippen LogP contribution in [-0.2, 0) is 4.79 Å². The molecule has 2 aromatic heterocycles. The number of hydrazine groups is 1. The van der Waals surface area contributed by atoms with Gasteiger partial charge in [-0.15, -0.1) is 0 Å². The Kier molecular flexibility index (Phi) is 7.09. The molecule has 1 amide bonds. The number of amides is 1. The molecule has 0 saturated carbocycles. The van der Waals surface area contributed by atoms with E-state index in [2.05, 4.69) is 23.1 Å². The fraction of sp³-hybridized carbons (Fsp3) is 0.280. The number of thiazole rings is 1. The van der Waals surface area contributed by atoms with Crippen molar-refractivity contribution in [1.29, 1.82) is 0 Å². The zero-order chi connectivity index (χ0) is 25.4.